The number of benzene rings is 1. The molecule has 0 saturated heterocycles. The van der Waals surface area contributed by atoms with Crippen LogP contribution in [0.15, 0.2) is 36.4 Å². The number of carbonyl (C=O) groups excluding carboxylic acids is 2. The van der Waals surface area contributed by atoms with E-state index in [-0.39, 0.29) is 18.8 Å². The lowest BCUT2D eigenvalue weighted by molar-refractivity contribution is -0.138. The van der Waals surface area contributed by atoms with Crippen molar-refractivity contribution in [2.24, 2.45) is 0 Å². The molecule has 4 heteroatoms. The fraction of sp³-hybridized carbons (Fsp3) is 0.412. The summed E-state index contributed by atoms with van der Waals surface area (Å²) in [5.74, 6) is -0.563. The Bertz CT molecular complexity index is 502. The molecule has 0 aliphatic heterocycles. The summed E-state index contributed by atoms with van der Waals surface area (Å²) >= 11 is 0. The van der Waals surface area contributed by atoms with Crippen LogP contribution in [0.4, 0.5) is 0 Å². The molecule has 0 amide bonds. The third-order valence-electron chi connectivity index (χ3n) is 3.27. The fourth-order valence-corrected chi connectivity index (χ4v) is 1.71. The second-order valence-electron chi connectivity index (χ2n) is 4.83. The molecule has 0 heterocycles. The van der Waals surface area contributed by atoms with Gasteiger partial charge in [0.15, 0.2) is 0 Å². The smallest absolute Gasteiger partial charge is 0.338 e. The minimum atomic E-state index is -0.544. The van der Waals surface area contributed by atoms with Gasteiger partial charge in [0.05, 0.1) is 17.7 Å². The SMILES string of the molecule is C=C(COC(=O)c1ccc(C(C)CC)cc1)C(=O)OCC. The molecule has 114 valence electrons. The molecule has 0 spiro atoms. The molecule has 0 aliphatic carbocycles. The zero-order valence-electron chi connectivity index (χ0n) is 12.8. The van der Waals surface area contributed by atoms with Crippen LogP contribution >= 0.6 is 0 Å². The zero-order valence-corrected chi connectivity index (χ0v) is 12.8. The number of esters is 2. The predicted octanol–water partition coefficient (Wildman–Crippen LogP) is 3.48. The van der Waals surface area contributed by atoms with Gasteiger partial charge in [-0.15, -0.1) is 0 Å². The van der Waals surface area contributed by atoms with Crippen LogP contribution in [-0.4, -0.2) is 25.2 Å². The van der Waals surface area contributed by atoms with E-state index in [0.29, 0.717) is 11.5 Å². The van der Waals surface area contributed by atoms with Gasteiger partial charge in [-0.25, -0.2) is 9.59 Å². The quantitative estimate of drug-likeness (QED) is 0.570. The first-order valence-electron chi connectivity index (χ1n) is 7.11. The highest BCUT2D eigenvalue weighted by Crippen LogP contribution is 2.19. The molecule has 1 atom stereocenters. The van der Waals surface area contributed by atoms with Crippen molar-refractivity contribution in [3.8, 4) is 0 Å². The molecule has 0 N–H and O–H groups in total. The summed E-state index contributed by atoms with van der Waals surface area (Å²) in [5.41, 5.74) is 1.77. The normalized spacial score (nSPS) is 11.6. The monoisotopic (exact) mass is 290 g/mol. The van der Waals surface area contributed by atoms with Gasteiger partial charge in [0, 0.05) is 0 Å². The predicted molar refractivity (Wildman–Crippen MR) is 81.2 cm³/mol. The van der Waals surface area contributed by atoms with Crippen molar-refractivity contribution >= 4 is 11.9 Å². The molecule has 0 aromatic heterocycles. The second kappa shape index (κ2) is 8.25. The van der Waals surface area contributed by atoms with E-state index in [1.54, 1.807) is 19.1 Å². The van der Waals surface area contributed by atoms with Crippen molar-refractivity contribution in [1.82, 2.24) is 0 Å². The first kappa shape index (κ1) is 17.0. The standard InChI is InChI=1S/C17H22O4/c1-5-12(3)14-7-9-15(10-8-14)17(19)21-11-13(4)16(18)20-6-2/h7-10,12H,4-6,11H2,1-3H3. The van der Waals surface area contributed by atoms with E-state index >= 15 is 0 Å². The molecule has 1 rings (SSSR count). The number of hydrogen-bond donors (Lipinski definition) is 0. The Morgan fingerprint density at radius 1 is 1.14 bits per heavy atom. The average molecular weight is 290 g/mol. The molecule has 0 bridgehead atoms. The van der Waals surface area contributed by atoms with Gasteiger partial charge in [0.1, 0.15) is 6.61 Å². The molecule has 0 radical (unpaired) electrons. The Hall–Kier alpha value is -2.10. The van der Waals surface area contributed by atoms with Gasteiger partial charge in [0.2, 0.25) is 0 Å². The van der Waals surface area contributed by atoms with Gasteiger partial charge in [-0.05, 0) is 37.0 Å². The Morgan fingerprint density at radius 3 is 2.29 bits per heavy atom. The van der Waals surface area contributed by atoms with Crippen LogP contribution in [0.1, 0.15) is 49.0 Å². The van der Waals surface area contributed by atoms with Gasteiger partial charge in [-0.2, -0.15) is 0 Å². The van der Waals surface area contributed by atoms with Crippen LogP contribution in [0, 0.1) is 0 Å². The summed E-state index contributed by atoms with van der Waals surface area (Å²) in [6, 6.07) is 7.31. The largest absolute Gasteiger partial charge is 0.463 e. The Kier molecular flexibility index (Phi) is 6.66. The molecule has 1 unspecified atom stereocenters. The molecule has 21 heavy (non-hydrogen) atoms. The van der Waals surface area contributed by atoms with Crippen molar-refractivity contribution in [2.45, 2.75) is 33.1 Å². The van der Waals surface area contributed by atoms with Crippen LogP contribution in [0.5, 0.6) is 0 Å². The summed E-state index contributed by atoms with van der Waals surface area (Å²) in [6.07, 6.45) is 1.04. The number of ether oxygens (including phenoxy) is 2. The molecular weight excluding hydrogens is 268 g/mol. The van der Waals surface area contributed by atoms with Crippen molar-refractivity contribution in [2.75, 3.05) is 13.2 Å². The number of carbonyl (C=O) groups is 2. The first-order valence-corrected chi connectivity index (χ1v) is 7.11. The summed E-state index contributed by atoms with van der Waals surface area (Å²) in [5, 5.41) is 0. The molecule has 4 nitrogen and oxygen atoms in total. The van der Waals surface area contributed by atoms with Gasteiger partial charge >= 0.3 is 11.9 Å². The maximum atomic E-state index is 11.9. The van der Waals surface area contributed by atoms with Crippen LogP contribution in [-0.2, 0) is 14.3 Å². The number of rotatable bonds is 7. The van der Waals surface area contributed by atoms with Crippen LogP contribution < -0.4 is 0 Å². The average Bonchev–Trinajstić information content (AvgIpc) is 2.51. The molecular formula is C17H22O4. The molecule has 0 saturated carbocycles. The van der Waals surface area contributed by atoms with E-state index in [1.165, 1.54) is 5.56 Å². The van der Waals surface area contributed by atoms with Crippen molar-refractivity contribution in [1.29, 1.82) is 0 Å². The fourth-order valence-electron chi connectivity index (χ4n) is 1.71. The maximum Gasteiger partial charge on any atom is 0.338 e. The van der Waals surface area contributed by atoms with Gasteiger partial charge < -0.3 is 9.47 Å². The van der Waals surface area contributed by atoms with Gasteiger partial charge in [-0.1, -0.05) is 32.6 Å². The third-order valence-corrected chi connectivity index (χ3v) is 3.27. The van der Waals surface area contributed by atoms with E-state index in [0.717, 1.165) is 6.42 Å². The highest BCUT2D eigenvalue weighted by Gasteiger charge is 2.13. The highest BCUT2D eigenvalue weighted by molar-refractivity contribution is 5.91. The van der Waals surface area contributed by atoms with Crippen molar-refractivity contribution in [3.63, 3.8) is 0 Å². The molecule has 1 aromatic carbocycles. The van der Waals surface area contributed by atoms with Crippen molar-refractivity contribution in [3.05, 3.63) is 47.5 Å². The lowest BCUT2D eigenvalue weighted by atomic mass is 9.98. The Labute approximate surface area is 125 Å². The first-order chi connectivity index (χ1) is 9.99. The Morgan fingerprint density at radius 2 is 1.76 bits per heavy atom. The van der Waals surface area contributed by atoms with Crippen LogP contribution in [0.25, 0.3) is 0 Å². The Balaban J connectivity index is 2.56. The minimum Gasteiger partial charge on any atom is -0.463 e. The van der Waals surface area contributed by atoms with Gasteiger partial charge in [0.25, 0.3) is 0 Å². The second-order valence-corrected chi connectivity index (χ2v) is 4.83. The van der Waals surface area contributed by atoms with E-state index in [4.69, 9.17) is 9.47 Å². The highest BCUT2D eigenvalue weighted by atomic mass is 16.5. The van der Waals surface area contributed by atoms with E-state index in [2.05, 4.69) is 20.4 Å². The van der Waals surface area contributed by atoms with E-state index in [9.17, 15) is 9.59 Å². The van der Waals surface area contributed by atoms with Crippen molar-refractivity contribution < 1.29 is 19.1 Å². The summed E-state index contributed by atoms with van der Waals surface area (Å²) < 4.78 is 9.81. The minimum absolute atomic E-state index is 0.126. The topological polar surface area (TPSA) is 52.6 Å². The van der Waals surface area contributed by atoms with E-state index in [1.807, 2.05) is 12.1 Å². The lowest BCUT2D eigenvalue weighted by Crippen LogP contribution is -2.14. The number of hydrogen-bond acceptors (Lipinski definition) is 4. The summed E-state index contributed by atoms with van der Waals surface area (Å²) in [4.78, 5) is 23.2. The van der Waals surface area contributed by atoms with Gasteiger partial charge in [-0.3, -0.25) is 0 Å². The molecule has 0 fully saturated rings. The summed E-state index contributed by atoms with van der Waals surface area (Å²) in [6.45, 7) is 9.60. The van der Waals surface area contributed by atoms with E-state index < -0.39 is 11.9 Å². The summed E-state index contributed by atoms with van der Waals surface area (Å²) in [7, 11) is 0. The molecule has 0 aliphatic rings. The lowest BCUT2D eigenvalue weighted by Gasteiger charge is -2.10. The van der Waals surface area contributed by atoms with Crippen LogP contribution in [0.3, 0.4) is 0 Å². The van der Waals surface area contributed by atoms with Crippen LogP contribution in [0.2, 0.25) is 0 Å². The third kappa shape index (κ3) is 5.06. The maximum absolute atomic E-state index is 11.9. The molecule has 1 aromatic rings. The zero-order chi connectivity index (χ0) is 15.8.